The Morgan fingerprint density at radius 1 is 1.16 bits per heavy atom. The van der Waals surface area contributed by atoms with E-state index in [4.69, 9.17) is 15.2 Å². The number of hydrogen-bond acceptors (Lipinski definition) is 6. The second-order valence-corrected chi connectivity index (χ2v) is 7.03. The van der Waals surface area contributed by atoms with Crippen molar-refractivity contribution in [3.05, 3.63) is 60.3 Å². The molecule has 2 heterocycles. The number of benzene rings is 1. The first-order chi connectivity index (χ1) is 15.0. The largest absolute Gasteiger partial charge is 0.493 e. The lowest BCUT2D eigenvalue weighted by molar-refractivity contribution is 0.245. The van der Waals surface area contributed by atoms with Gasteiger partial charge >= 0.3 is 6.03 Å². The number of urea groups is 1. The van der Waals surface area contributed by atoms with E-state index in [1.54, 1.807) is 49.8 Å². The summed E-state index contributed by atoms with van der Waals surface area (Å²) < 4.78 is 12.8. The van der Waals surface area contributed by atoms with Crippen LogP contribution in [-0.2, 0) is 13.1 Å². The van der Waals surface area contributed by atoms with Crippen molar-refractivity contribution in [1.82, 2.24) is 19.9 Å². The summed E-state index contributed by atoms with van der Waals surface area (Å²) in [7, 11) is 3.14. The van der Waals surface area contributed by atoms with Crippen molar-refractivity contribution < 1.29 is 14.3 Å². The van der Waals surface area contributed by atoms with Gasteiger partial charge in [-0.05, 0) is 37.1 Å². The Morgan fingerprint density at radius 3 is 2.61 bits per heavy atom. The Hall–Kier alpha value is -3.75. The summed E-state index contributed by atoms with van der Waals surface area (Å²) >= 11 is 0. The van der Waals surface area contributed by atoms with E-state index in [2.05, 4.69) is 19.9 Å². The SMILES string of the molecule is COc1ccc(N(Cc2ccc(N)nc2)C(=O)NCCCn2cncc2C)cc1OC. The molecule has 0 aliphatic rings. The minimum absolute atomic E-state index is 0.216. The van der Waals surface area contributed by atoms with Gasteiger partial charge in [0.1, 0.15) is 5.82 Å². The van der Waals surface area contributed by atoms with E-state index in [1.807, 2.05) is 25.3 Å². The average Bonchev–Trinajstić information content (AvgIpc) is 3.20. The number of methoxy groups -OCH3 is 2. The van der Waals surface area contributed by atoms with Gasteiger partial charge in [-0.1, -0.05) is 6.07 Å². The maximum atomic E-state index is 13.1. The van der Waals surface area contributed by atoms with Crippen LogP contribution < -0.4 is 25.4 Å². The number of nitrogen functional groups attached to an aromatic ring is 1. The van der Waals surface area contributed by atoms with Gasteiger partial charge in [-0.15, -0.1) is 0 Å². The Kier molecular flexibility index (Phi) is 7.31. The predicted octanol–water partition coefficient (Wildman–Crippen LogP) is 2.99. The smallest absolute Gasteiger partial charge is 0.322 e. The Bertz CT molecular complexity index is 1000. The molecule has 0 fully saturated rings. The van der Waals surface area contributed by atoms with Gasteiger partial charge in [0.05, 0.1) is 27.1 Å². The number of nitrogens with zero attached hydrogens (tertiary/aromatic N) is 4. The van der Waals surface area contributed by atoms with Crippen LogP contribution in [0.4, 0.5) is 16.3 Å². The highest BCUT2D eigenvalue weighted by molar-refractivity contribution is 5.92. The molecule has 2 aromatic heterocycles. The maximum Gasteiger partial charge on any atom is 0.322 e. The van der Waals surface area contributed by atoms with Crippen LogP contribution >= 0.6 is 0 Å². The third kappa shape index (κ3) is 5.65. The summed E-state index contributed by atoms with van der Waals surface area (Å²) in [5.74, 6) is 1.57. The number of carbonyl (C=O) groups excluding carboxylic acids is 1. The number of amides is 2. The van der Waals surface area contributed by atoms with Crippen molar-refractivity contribution in [3.8, 4) is 11.5 Å². The molecule has 164 valence electrons. The fraction of sp³-hybridized carbons (Fsp3) is 0.318. The molecule has 0 radical (unpaired) electrons. The van der Waals surface area contributed by atoms with Gasteiger partial charge in [0.25, 0.3) is 0 Å². The second kappa shape index (κ2) is 10.3. The molecule has 0 saturated carbocycles. The van der Waals surface area contributed by atoms with Crippen LogP contribution in [-0.4, -0.2) is 41.3 Å². The van der Waals surface area contributed by atoms with E-state index in [1.165, 1.54) is 0 Å². The van der Waals surface area contributed by atoms with Crippen LogP contribution in [0.5, 0.6) is 11.5 Å². The standard InChI is InChI=1S/C22H28N6O3/c1-16-12-24-15-27(16)10-4-9-25-22(29)28(14-17-5-8-21(23)26-13-17)18-6-7-19(30-2)20(11-18)31-3/h5-8,11-13,15H,4,9-10,14H2,1-3H3,(H2,23,26)(H,25,29). The summed E-state index contributed by atoms with van der Waals surface area (Å²) in [4.78, 5) is 23.0. The molecule has 3 rings (SSSR count). The van der Waals surface area contributed by atoms with Crippen LogP contribution in [0.1, 0.15) is 17.7 Å². The third-order valence-electron chi connectivity index (χ3n) is 4.88. The number of nitrogens with one attached hydrogen (secondary N) is 1. The van der Waals surface area contributed by atoms with E-state index in [9.17, 15) is 4.79 Å². The van der Waals surface area contributed by atoms with E-state index in [0.717, 1.165) is 24.2 Å². The lowest BCUT2D eigenvalue weighted by Crippen LogP contribution is -2.40. The molecule has 0 aliphatic carbocycles. The quantitative estimate of drug-likeness (QED) is 0.511. The summed E-state index contributed by atoms with van der Waals surface area (Å²) in [5.41, 5.74) is 8.31. The maximum absolute atomic E-state index is 13.1. The third-order valence-corrected chi connectivity index (χ3v) is 4.88. The molecular weight excluding hydrogens is 396 g/mol. The highest BCUT2D eigenvalue weighted by Gasteiger charge is 2.18. The van der Waals surface area contributed by atoms with Crippen LogP contribution in [0.15, 0.2) is 49.1 Å². The van der Waals surface area contributed by atoms with E-state index >= 15 is 0 Å². The number of imidazole rings is 1. The van der Waals surface area contributed by atoms with Crippen molar-refractivity contribution in [3.63, 3.8) is 0 Å². The monoisotopic (exact) mass is 424 g/mol. The number of rotatable bonds is 9. The summed E-state index contributed by atoms with van der Waals surface area (Å²) in [5, 5.41) is 3.00. The number of ether oxygens (including phenoxy) is 2. The second-order valence-electron chi connectivity index (χ2n) is 7.03. The molecule has 0 saturated heterocycles. The summed E-state index contributed by atoms with van der Waals surface area (Å²) in [6.07, 6.45) is 6.06. The van der Waals surface area contributed by atoms with Crippen LogP contribution in [0.25, 0.3) is 0 Å². The molecule has 1 aromatic carbocycles. The van der Waals surface area contributed by atoms with Crippen LogP contribution in [0.3, 0.4) is 0 Å². The normalized spacial score (nSPS) is 10.5. The number of aromatic nitrogens is 3. The van der Waals surface area contributed by atoms with Gasteiger partial charge in [-0.2, -0.15) is 0 Å². The molecule has 2 amide bonds. The van der Waals surface area contributed by atoms with Crippen molar-refractivity contribution in [2.24, 2.45) is 0 Å². The van der Waals surface area contributed by atoms with Crippen molar-refractivity contribution in [2.45, 2.75) is 26.4 Å². The molecular formula is C22H28N6O3. The lowest BCUT2D eigenvalue weighted by atomic mass is 10.2. The molecule has 3 N–H and O–H groups in total. The molecule has 31 heavy (non-hydrogen) atoms. The zero-order valence-electron chi connectivity index (χ0n) is 18.0. The molecule has 0 spiro atoms. The van der Waals surface area contributed by atoms with Crippen molar-refractivity contribution in [1.29, 1.82) is 0 Å². The van der Waals surface area contributed by atoms with Crippen molar-refractivity contribution >= 4 is 17.5 Å². The Morgan fingerprint density at radius 2 is 1.97 bits per heavy atom. The van der Waals surface area contributed by atoms with E-state index in [0.29, 0.717) is 36.1 Å². The summed E-state index contributed by atoms with van der Waals surface area (Å²) in [6, 6.07) is 8.72. The Labute approximate surface area is 181 Å². The minimum atomic E-state index is -0.216. The van der Waals surface area contributed by atoms with Gasteiger partial charge in [-0.3, -0.25) is 4.90 Å². The number of pyridine rings is 1. The summed E-state index contributed by atoms with van der Waals surface area (Å²) in [6.45, 7) is 3.64. The first-order valence-corrected chi connectivity index (χ1v) is 9.96. The number of carbonyl (C=O) groups is 1. The van der Waals surface area contributed by atoms with Gasteiger partial charge in [0.2, 0.25) is 0 Å². The zero-order valence-corrected chi connectivity index (χ0v) is 18.0. The molecule has 9 nitrogen and oxygen atoms in total. The van der Waals surface area contributed by atoms with Gasteiger partial charge in [0, 0.05) is 42.9 Å². The van der Waals surface area contributed by atoms with Crippen molar-refractivity contribution in [2.75, 3.05) is 31.4 Å². The van der Waals surface area contributed by atoms with Crippen LogP contribution in [0.2, 0.25) is 0 Å². The average molecular weight is 425 g/mol. The van der Waals surface area contributed by atoms with Gasteiger partial charge in [-0.25, -0.2) is 14.8 Å². The van der Waals surface area contributed by atoms with Gasteiger partial charge < -0.3 is 25.1 Å². The minimum Gasteiger partial charge on any atom is -0.493 e. The first-order valence-electron chi connectivity index (χ1n) is 9.96. The van der Waals surface area contributed by atoms with E-state index in [-0.39, 0.29) is 6.03 Å². The lowest BCUT2D eigenvalue weighted by Gasteiger charge is -2.24. The Balaban J connectivity index is 1.73. The molecule has 0 bridgehead atoms. The molecule has 0 unspecified atom stereocenters. The van der Waals surface area contributed by atoms with Gasteiger partial charge in [0.15, 0.2) is 11.5 Å². The van der Waals surface area contributed by atoms with Crippen LogP contribution in [0, 0.1) is 6.92 Å². The first kappa shape index (κ1) is 21.9. The zero-order chi connectivity index (χ0) is 22.2. The fourth-order valence-electron chi connectivity index (χ4n) is 3.15. The fourth-order valence-corrected chi connectivity index (χ4v) is 3.15. The number of nitrogens with two attached hydrogens (primary N) is 1. The molecule has 9 heteroatoms. The number of anilines is 2. The number of aryl methyl sites for hydroxylation is 2. The number of hydrogen-bond donors (Lipinski definition) is 2. The highest BCUT2D eigenvalue weighted by atomic mass is 16.5. The topological polar surface area (TPSA) is 108 Å². The molecule has 0 atom stereocenters. The molecule has 0 aliphatic heterocycles. The van der Waals surface area contributed by atoms with E-state index < -0.39 is 0 Å². The highest BCUT2D eigenvalue weighted by Crippen LogP contribution is 2.32. The predicted molar refractivity (Wildman–Crippen MR) is 119 cm³/mol. The molecule has 3 aromatic rings.